The third kappa shape index (κ3) is 5.34. The van der Waals surface area contributed by atoms with Crippen LogP contribution in [0.15, 0.2) is 24.3 Å². The standard InChI is InChI=1S/C21H25FO.2C2H6/c1-13(2)17-11-19(21(23-4)12-20(17)22)18-10-16-8-6-5-7-15(16)9-14(18)3;2*1-2/h9-13H,5-8H2,1-4H3;2*1-2H3. The van der Waals surface area contributed by atoms with Crippen LogP contribution in [0.1, 0.15) is 82.6 Å². The fourth-order valence-corrected chi connectivity index (χ4v) is 3.59. The zero-order valence-corrected chi connectivity index (χ0v) is 18.5. The molecule has 1 aliphatic rings. The number of ether oxygens (including phenoxy) is 1. The molecule has 2 aromatic carbocycles. The first-order valence-corrected chi connectivity index (χ1v) is 10.5. The normalized spacial score (nSPS) is 12.4. The molecule has 0 spiro atoms. The van der Waals surface area contributed by atoms with Crippen LogP contribution >= 0.6 is 0 Å². The molecule has 0 aliphatic heterocycles. The zero-order chi connectivity index (χ0) is 20.6. The first-order chi connectivity index (χ1) is 13.0. The molecule has 27 heavy (non-hydrogen) atoms. The number of rotatable bonds is 3. The van der Waals surface area contributed by atoms with Crippen molar-refractivity contribution in [1.29, 1.82) is 0 Å². The number of hydrogen-bond donors (Lipinski definition) is 0. The summed E-state index contributed by atoms with van der Waals surface area (Å²) in [5.74, 6) is 0.583. The van der Waals surface area contributed by atoms with E-state index in [2.05, 4.69) is 19.1 Å². The van der Waals surface area contributed by atoms with Crippen molar-refractivity contribution in [3.05, 3.63) is 52.3 Å². The van der Waals surface area contributed by atoms with Gasteiger partial charge in [0, 0.05) is 11.6 Å². The number of benzene rings is 2. The average Bonchev–Trinajstić information content (AvgIpc) is 2.70. The van der Waals surface area contributed by atoms with Crippen molar-refractivity contribution in [2.45, 2.75) is 80.1 Å². The summed E-state index contributed by atoms with van der Waals surface area (Å²) in [6, 6.07) is 8.10. The molecule has 0 aromatic heterocycles. The second-order valence-electron chi connectivity index (χ2n) is 6.87. The van der Waals surface area contributed by atoms with Gasteiger partial charge in [0.05, 0.1) is 7.11 Å². The summed E-state index contributed by atoms with van der Waals surface area (Å²) in [5, 5.41) is 0. The Balaban J connectivity index is 0.000000855. The van der Waals surface area contributed by atoms with Crippen LogP contribution in [0.25, 0.3) is 11.1 Å². The highest BCUT2D eigenvalue weighted by molar-refractivity contribution is 5.75. The van der Waals surface area contributed by atoms with Crippen molar-refractivity contribution < 1.29 is 9.13 Å². The monoisotopic (exact) mass is 372 g/mol. The third-order valence-corrected chi connectivity index (χ3v) is 4.92. The first-order valence-electron chi connectivity index (χ1n) is 10.5. The molecule has 0 saturated heterocycles. The fourth-order valence-electron chi connectivity index (χ4n) is 3.59. The lowest BCUT2D eigenvalue weighted by Gasteiger charge is -2.21. The minimum absolute atomic E-state index is 0.151. The van der Waals surface area contributed by atoms with E-state index in [1.54, 1.807) is 7.11 Å². The van der Waals surface area contributed by atoms with Gasteiger partial charge in [-0.15, -0.1) is 0 Å². The summed E-state index contributed by atoms with van der Waals surface area (Å²) in [4.78, 5) is 0. The van der Waals surface area contributed by atoms with Crippen LogP contribution in [0.3, 0.4) is 0 Å². The zero-order valence-electron chi connectivity index (χ0n) is 18.5. The second kappa shape index (κ2) is 11.1. The van der Waals surface area contributed by atoms with Crippen molar-refractivity contribution in [3.8, 4) is 16.9 Å². The van der Waals surface area contributed by atoms with E-state index < -0.39 is 0 Å². The molecule has 3 rings (SSSR count). The molecule has 0 saturated carbocycles. The summed E-state index contributed by atoms with van der Waals surface area (Å²) in [7, 11) is 1.61. The maximum Gasteiger partial charge on any atom is 0.130 e. The number of hydrogen-bond acceptors (Lipinski definition) is 1. The Labute approximate surface area is 166 Å². The molecule has 0 heterocycles. The maximum absolute atomic E-state index is 14.3. The second-order valence-corrected chi connectivity index (χ2v) is 6.87. The Hall–Kier alpha value is -1.83. The topological polar surface area (TPSA) is 9.23 Å². The smallest absolute Gasteiger partial charge is 0.130 e. The van der Waals surface area contributed by atoms with Gasteiger partial charge in [-0.25, -0.2) is 4.39 Å². The van der Waals surface area contributed by atoms with Gasteiger partial charge in [0.15, 0.2) is 0 Å². The van der Waals surface area contributed by atoms with Crippen LogP contribution in [-0.2, 0) is 12.8 Å². The van der Waals surface area contributed by atoms with E-state index in [0.717, 1.165) is 17.5 Å². The van der Waals surface area contributed by atoms with Gasteiger partial charge < -0.3 is 4.74 Å². The molecule has 150 valence electrons. The number of halogens is 1. The van der Waals surface area contributed by atoms with Crippen LogP contribution < -0.4 is 4.74 Å². The van der Waals surface area contributed by atoms with Crippen molar-refractivity contribution in [2.24, 2.45) is 0 Å². The molecule has 1 aliphatic carbocycles. The lowest BCUT2D eigenvalue weighted by molar-refractivity contribution is 0.412. The van der Waals surface area contributed by atoms with Gasteiger partial charge in [-0.05, 0) is 72.4 Å². The number of aryl methyl sites for hydroxylation is 3. The predicted octanol–water partition coefficient (Wildman–Crippen LogP) is 7.86. The third-order valence-electron chi connectivity index (χ3n) is 4.92. The largest absolute Gasteiger partial charge is 0.496 e. The SMILES string of the molecule is CC.CC.COc1cc(F)c(C(C)C)cc1-c1cc2c(cc1C)CCCC2. The van der Waals surface area contributed by atoms with E-state index in [0.29, 0.717) is 5.75 Å². The molecule has 0 amide bonds. The summed E-state index contributed by atoms with van der Waals surface area (Å²) in [5.41, 5.74) is 7.08. The van der Waals surface area contributed by atoms with E-state index in [1.165, 1.54) is 47.6 Å². The van der Waals surface area contributed by atoms with Crippen LogP contribution in [0.5, 0.6) is 5.75 Å². The Morgan fingerprint density at radius 1 is 0.852 bits per heavy atom. The molecule has 0 radical (unpaired) electrons. The molecule has 2 aromatic rings. The highest BCUT2D eigenvalue weighted by Crippen LogP contribution is 2.38. The molecule has 0 N–H and O–H groups in total. The molecule has 2 heteroatoms. The average molecular weight is 373 g/mol. The van der Waals surface area contributed by atoms with Gasteiger partial charge in [-0.3, -0.25) is 0 Å². The Kier molecular flexibility index (Phi) is 9.55. The van der Waals surface area contributed by atoms with Gasteiger partial charge in [-0.1, -0.05) is 53.7 Å². The highest BCUT2D eigenvalue weighted by Gasteiger charge is 2.18. The predicted molar refractivity (Wildman–Crippen MR) is 117 cm³/mol. The molecular weight excluding hydrogens is 335 g/mol. The van der Waals surface area contributed by atoms with E-state index in [-0.39, 0.29) is 11.7 Å². The van der Waals surface area contributed by atoms with Gasteiger partial charge in [0.25, 0.3) is 0 Å². The van der Waals surface area contributed by atoms with Gasteiger partial charge in [-0.2, -0.15) is 0 Å². The van der Waals surface area contributed by atoms with Gasteiger partial charge in [0.1, 0.15) is 11.6 Å². The Morgan fingerprint density at radius 2 is 1.41 bits per heavy atom. The van der Waals surface area contributed by atoms with Crippen molar-refractivity contribution in [1.82, 2.24) is 0 Å². The molecule has 0 unspecified atom stereocenters. The first kappa shape index (κ1) is 23.2. The van der Waals surface area contributed by atoms with Crippen LogP contribution in [0.4, 0.5) is 4.39 Å². The molecule has 0 fully saturated rings. The Morgan fingerprint density at radius 3 is 1.93 bits per heavy atom. The summed E-state index contributed by atoms with van der Waals surface area (Å²) in [6.07, 6.45) is 4.86. The quantitative estimate of drug-likeness (QED) is 0.532. The lowest BCUT2D eigenvalue weighted by Crippen LogP contribution is -2.04. The molecule has 0 atom stereocenters. The van der Waals surface area contributed by atoms with Crippen molar-refractivity contribution in [3.63, 3.8) is 0 Å². The van der Waals surface area contributed by atoms with E-state index in [4.69, 9.17) is 4.74 Å². The number of methoxy groups -OCH3 is 1. The fraction of sp³-hybridized carbons (Fsp3) is 0.520. The van der Waals surface area contributed by atoms with Crippen LogP contribution in [-0.4, -0.2) is 7.11 Å². The number of fused-ring (bicyclic) bond motifs is 1. The van der Waals surface area contributed by atoms with Crippen LogP contribution in [0.2, 0.25) is 0 Å². The lowest BCUT2D eigenvalue weighted by atomic mass is 9.86. The van der Waals surface area contributed by atoms with E-state index in [9.17, 15) is 4.39 Å². The van der Waals surface area contributed by atoms with Crippen molar-refractivity contribution in [2.75, 3.05) is 7.11 Å². The van der Waals surface area contributed by atoms with E-state index in [1.807, 2.05) is 47.6 Å². The van der Waals surface area contributed by atoms with Crippen LogP contribution in [0, 0.1) is 12.7 Å². The van der Waals surface area contributed by atoms with Gasteiger partial charge in [0.2, 0.25) is 0 Å². The van der Waals surface area contributed by atoms with Crippen molar-refractivity contribution >= 4 is 0 Å². The Bertz CT molecular complexity index is 732. The summed E-state index contributed by atoms with van der Waals surface area (Å²) >= 11 is 0. The summed E-state index contributed by atoms with van der Waals surface area (Å²) in [6.45, 7) is 14.2. The molecular formula is C25H37FO. The summed E-state index contributed by atoms with van der Waals surface area (Å²) < 4.78 is 19.8. The molecule has 1 nitrogen and oxygen atoms in total. The minimum atomic E-state index is -0.184. The molecule has 0 bridgehead atoms. The maximum atomic E-state index is 14.3. The van der Waals surface area contributed by atoms with Gasteiger partial charge >= 0.3 is 0 Å². The minimum Gasteiger partial charge on any atom is -0.496 e. The van der Waals surface area contributed by atoms with E-state index >= 15 is 0 Å². The highest BCUT2D eigenvalue weighted by atomic mass is 19.1.